The Hall–Kier alpha value is -4.81. The van der Waals surface area contributed by atoms with E-state index in [1.807, 2.05) is 48.5 Å². The van der Waals surface area contributed by atoms with Crippen molar-refractivity contribution in [3.63, 3.8) is 0 Å². The highest BCUT2D eigenvalue weighted by Gasteiger charge is 2.09. The fourth-order valence-corrected chi connectivity index (χ4v) is 4.18. The first kappa shape index (κ1) is 19.8. The molecule has 6 rings (SSSR count). The maximum absolute atomic E-state index is 4.84. The maximum Gasteiger partial charge on any atom is 0.0906 e. The number of fused-ring (bicyclic) bond motifs is 2. The zero-order chi connectivity index (χ0) is 22.7. The van der Waals surface area contributed by atoms with Crippen molar-refractivity contribution in [3.8, 4) is 34.6 Å². The van der Waals surface area contributed by atoms with E-state index in [0.717, 1.165) is 44.7 Å². The number of nitrogens with zero attached hydrogens (tertiary/aromatic N) is 3. The van der Waals surface area contributed by atoms with Crippen LogP contribution in [0.1, 0.15) is 11.1 Å². The van der Waals surface area contributed by atoms with E-state index in [1.54, 1.807) is 12.4 Å². The van der Waals surface area contributed by atoms with Gasteiger partial charge in [-0.3, -0.25) is 9.97 Å². The second kappa shape index (κ2) is 8.61. The summed E-state index contributed by atoms with van der Waals surface area (Å²) in [5.74, 6) is 6.91. The smallest absolute Gasteiger partial charge is 0.0906 e. The second-order valence-electron chi connectivity index (χ2n) is 8.00. The Morgan fingerprint density at radius 3 is 1.53 bits per heavy atom. The largest absolute Gasteiger partial charge is 0.255 e. The molecule has 3 aromatic carbocycles. The summed E-state index contributed by atoms with van der Waals surface area (Å²) in [4.78, 5) is 13.8. The van der Waals surface area contributed by atoms with E-state index in [1.165, 1.54) is 10.8 Å². The highest BCUT2D eigenvalue weighted by Crippen LogP contribution is 2.28. The summed E-state index contributed by atoms with van der Waals surface area (Å²) in [6, 6.07) is 34.7. The lowest BCUT2D eigenvalue weighted by molar-refractivity contribution is 1.21. The number of benzene rings is 3. The number of aromatic nitrogens is 3. The van der Waals surface area contributed by atoms with Crippen molar-refractivity contribution in [2.24, 2.45) is 0 Å². The van der Waals surface area contributed by atoms with Gasteiger partial charge in [0.1, 0.15) is 0 Å². The van der Waals surface area contributed by atoms with Crippen molar-refractivity contribution >= 4 is 21.5 Å². The van der Waals surface area contributed by atoms with Gasteiger partial charge in [0.05, 0.1) is 22.8 Å². The van der Waals surface area contributed by atoms with Crippen LogP contribution in [0.3, 0.4) is 0 Å². The van der Waals surface area contributed by atoms with Gasteiger partial charge in [-0.05, 0) is 64.0 Å². The summed E-state index contributed by atoms with van der Waals surface area (Å²) >= 11 is 0. The van der Waals surface area contributed by atoms with E-state index in [0.29, 0.717) is 0 Å². The molecule has 34 heavy (non-hydrogen) atoms. The molecule has 0 bridgehead atoms. The average Bonchev–Trinajstić information content (AvgIpc) is 2.92. The van der Waals surface area contributed by atoms with E-state index in [2.05, 4.69) is 76.4 Å². The molecular weight excluding hydrogens is 414 g/mol. The first-order valence-corrected chi connectivity index (χ1v) is 11.1. The fourth-order valence-electron chi connectivity index (χ4n) is 4.18. The van der Waals surface area contributed by atoms with Crippen LogP contribution in [0.15, 0.2) is 116 Å². The predicted molar refractivity (Wildman–Crippen MR) is 138 cm³/mol. The lowest BCUT2D eigenvalue weighted by Crippen LogP contribution is -1.94. The molecule has 158 valence electrons. The topological polar surface area (TPSA) is 38.7 Å². The SMILES string of the molecule is C(#Cc1c2ccccc2cc2ccccc12)c1cc(-c2ccccn2)nc(-c2ccccn2)c1. The van der Waals surface area contributed by atoms with Crippen molar-refractivity contribution in [1.29, 1.82) is 0 Å². The van der Waals surface area contributed by atoms with Crippen LogP contribution in [0.5, 0.6) is 0 Å². The first-order chi connectivity index (χ1) is 16.8. The van der Waals surface area contributed by atoms with E-state index in [-0.39, 0.29) is 0 Å². The summed E-state index contributed by atoms with van der Waals surface area (Å²) in [5.41, 5.74) is 5.06. The van der Waals surface area contributed by atoms with Gasteiger partial charge in [0, 0.05) is 23.5 Å². The van der Waals surface area contributed by atoms with Crippen LogP contribution < -0.4 is 0 Å². The van der Waals surface area contributed by atoms with Gasteiger partial charge in [-0.1, -0.05) is 72.5 Å². The summed E-state index contributed by atoms with van der Waals surface area (Å²) in [6.07, 6.45) is 3.55. The summed E-state index contributed by atoms with van der Waals surface area (Å²) in [6.45, 7) is 0. The Labute approximate surface area is 197 Å². The molecule has 0 saturated carbocycles. The maximum atomic E-state index is 4.84. The Balaban J connectivity index is 1.56. The molecule has 0 saturated heterocycles. The third kappa shape index (κ3) is 3.79. The van der Waals surface area contributed by atoms with Crippen molar-refractivity contribution in [3.05, 3.63) is 127 Å². The summed E-state index contributed by atoms with van der Waals surface area (Å²) < 4.78 is 0. The van der Waals surface area contributed by atoms with Crippen molar-refractivity contribution in [1.82, 2.24) is 15.0 Å². The van der Waals surface area contributed by atoms with Gasteiger partial charge in [-0.25, -0.2) is 4.98 Å². The number of hydrogen-bond donors (Lipinski definition) is 0. The van der Waals surface area contributed by atoms with Crippen LogP contribution in [-0.4, -0.2) is 15.0 Å². The van der Waals surface area contributed by atoms with Gasteiger partial charge in [0.2, 0.25) is 0 Å². The fraction of sp³-hybridized carbons (Fsp3) is 0. The highest BCUT2D eigenvalue weighted by atomic mass is 14.8. The molecule has 3 aromatic heterocycles. The van der Waals surface area contributed by atoms with Crippen LogP contribution in [0, 0.1) is 11.8 Å². The zero-order valence-electron chi connectivity index (χ0n) is 18.3. The molecule has 0 aliphatic rings. The molecule has 0 atom stereocenters. The molecule has 3 heterocycles. The highest BCUT2D eigenvalue weighted by molar-refractivity contribution is 6.04. The van der Waals surface area contributed by atoms with Gasteiger partial charge in [0.15, 0.2) is 0 Å². The van der Waals surface area contributed by atoms with Gasteiger partial charge in [-0.2, -0.15) is 0 Å². The molecule has 0 amide bonds. The third-order valence-corrected chi connectivity index (χ3v) is 5.78. The van der Waals surface area contributed by atoms with Gasteiger partial charge >= 0.3 is 0 Å². The summed E-state index contributed by atoms with van der Waals surface area (Å²) in [5, 5.41) is 4.67. The minimum absolute atomic E-state index is 0.774. The van der Waals surface area contributed by atoms with Crippen LogP contribution in [0.2, 0.25) is 0 Å². The molecule has 0 spiro atoms. The summed E-state index contributed by atoms with van der Waals surface area (Å²) in [7, 11) is 0. The van der Waals surface area contributed by atoms with Crippen LogP contribution in [-0.2, 0) is 0 Å². The molecular formula is C31H19N3. The minimum atomic E-state index is 0.774. The average molecular weight is 434 g/mol. The number of hydrogen-bond acceptors (Lipinski definition) is 3. The molecule has 0 aliphatic carbocycles. The van der Waals surface area contributed by atoms with E-state index in [9.17, 15) is 0 Å². The lowest BCUT2D eigenvalue weighted by atomic mass is 9.97. The molecule has 0 aliphatic heterocycles. The van der Waals surface area contributed by atoms with Crippen molar-refractivity contribution in [2.75, 3.05) is 0 Å². The number of pyridine rings is 3. The standard InChI is InChI=1S/C31H19N3/c1-3-11-25-23(9-1)21-24-10-2-4-12-26(24)27(25)16-15-22-19-30(28-13-5-7-17-32-28)34-31(20-22)29-14-6-8-18-33-29/h1-14,17-21H. The predicted octanol–water partition coefficient (Wildman–Crippen LogP) is 6.91. The Bertz CT molecular complexity index is 1580. The normalized spacial score (nSPS) is 10.7. The van der Waals surface area contributed by atoms with Gasteiger partial charge in [-0.15, -0.1) is 0 Å². The van der Waals surface area contributed by atoms with Crippen LogP contribution >= 0.6 is 0 Å². The Morgan fingerprint density at radius 2 is 1.00 bits per heavy atom. The molecule has 0 fully saturated rings. The van der Waals surface area contributed by atoms with E-state index < -0.39 is 0 Å². The van der Waals surface area contributed by atoms with Crippen LogP contribution in [0.25, 0.3) is 44.3 Å². The molecule has 0 unspecified atom stereocenters. The van der Waals surface area contributed by atoms with Crippen molar-refractivity contribution in [2.45, 2.75) is 0 Å². The monoisotopic (exact) mass is 433 g/mol. The Kier molecular flexibility index (Phi) is 5.03. The zero-order valence-corrected chi connectivity index (χ0v) is 18.3. The molecule has 3 heteroatoms. The third-order valence-electron chi connectivity index (χ3n) is 5.78. The van der Waals surface area contributed by atoms with Gasteiger partial charge < -0.3 is 0 Å². The minimum Gasteiger partial charge on any atom is -0.255 e. The van der Waals surface area contributed by atoms with E-state index in [4.69, 9.17) is 4.98 Å². The number of rotatable bonds is 2. The molecule has 3 nitrogen and oxygen atoms in total. The lowest BCUT2D eigenvalue weighted by Gasteiger charge is -2.07. The van der Waals surface area contributed by atoms with E-state index >= 15 is 0 Å². The van der Waals surface area contributed by atoms with Crippen molar-refractivity contribution < 1.29 is 0 Å². The first-order valence-electron chi connectivity index (χ1n) is 11.1. The van der Waals surface area contributed by atoms with Gasteiger partial charge in [0.25, 0.3) is 0 Å². The molecule has 0 N–H and O–H groups in total. The molecule has 6 aromatic rings. The quantitative estimate of drug-likeness (QED) is 0.220. The van der Waals surface area contributed by atoms with Crippen LogP contribution in [0.4, 0.5) is 0 Å². The second-order valence-corrected chi connectivity index (χ2v) is 8.00. The molecule has 0 radical (unpaired) electrons. The Morgan fingerprint density at radius 1 is 0.471 bits per heavy atom.